The van der Waals surface area contributed by atoms with Crippen LogP contribution in [0.15, 0.2) is 28.7 Å². The molecule has 2 aromatic rings. The number of carbonyl (C=O) groups is 1. The summed E-state index contributed by atoms with van der Waals surface area (Å²) >= 11 is 4.84. The molecule has 1 aromatic carbocycles. The Morgan fingerprint density at radius 2 is 2.06 bits per heavy atom. The summed E-state index contributed by atoms with van der Waals surface area (Å²) in [6.45, 7) is 3.90. The van der Waals surface area contributed by atoms with Gasteiger partial charge in [0.2, 0.25) is 0 Å². The molecule has 2 rings (SSSR count). The third kappa shape index (κ3) is 2.73. The van der Waals surface area contributed by atoms with Gasteiger partial charge >= 0.3 is 0 Å². The molecule has 18 heavy (non-hydrogen) atoms. The SMILES string of the molecule is Cc1ccc(NC(=O)c2cc(N)c(C)s2)cc1Br. The molecule has 0 aliphatic carbocycles. The molecule has 1 amide bonds. The van der Waals surface area contributed by atoms with Crippen molar-refractivity contribution < 1.29 is 4.79 Å². The predicted molar refractivity (Wildman–Crippen MR) is 80.3 cm³/mol. The summed E-state index contributed by atoms with van der Waals surface area (Å²) in [5.41, 5.74) is 8.30. The first-order chi connectivity index (χ1) is 8.47. The van der Waals surface area contributed by atoms with Gasteiger partial charge in [0.15, 0.2) is 0 Å². The number of nitrogens with two attached hydrogens (primary N) is 1. The first-order valence-corrected chi connectivity index (χ1v) is 7.01. The molecule has 0 spiro atoms. The zero-order chi connectivity index (χ0) is 13.3. The van der Waals surface area contributed by atoms with Gasteiger partial charge < -0.3 is 11.1 Å². The van der Waals surface area contributed by atoms with E-state index < -0.39 is 0 Å². The molecule has 0 atom stereocenters. The molecule has 1 aromatic heterocycles. The van der Waals surface area contributed by atoms with Crippen LogP contribution in [0.2, 0.25) is 0 Å². The lowest BCUT2D eigenvalue weighted by Crippen LogP contribution is -2.10. The normalized spacial score (nSPS) is 10.4. The average molecular weight is 325 g/mol. The molecular formula is C13H13BrN2OS. The minimum absolute atomic E-state index is 0.129. The van der Waals surface area contributed by atoms with Crippen molar-refractivity contribution in [2.45, 2.75) is 13.8 Å². The van der Waals surface area contributed by atoms with Gasteiger partial charge in [-0.15, -0.1) is 11.3 Å². The average Bonchev–Trinajstić information content (AvgIpc) is 2.65. The number of halogens is 1. The standard InChI is InChI=1S/C13H13BrN2OS/c1-7-3-4-9(5-10(7)14)16-13(17)12-6-11(15)8(2)18-12/h3-6H,15H2,1-2H3,(H,16,17). The van der Waals surface area contributed by atoms with Gasteiger partial charge in [0, 0.05) is 20.7 Å². The fraction of sp³-hybridized carbons (Fsp3) is 0.154. The maximum atomic E-state index is 12.0. The summed E-state index contributed by atoms with van der Waals surface area (Å²) in [5.74, 6) is -0.129. The molecule has 0 aliphatic rings. The minimum Gasteiger partial charge on any atom is -0.398 e. The summed E-state index contributed by atoms with van der Waals surface area (Å²) in [6, 6.07) is 7.42. The van der Waals surface area contributed by atoms with Crippen LogP contribution in [0.1, 0.15) is 20.1 Å². The lowest BCUT2D eigenvalue weighted by Gasteiger charge is -2.05. The Labute approximate surface area is 118 Å². The number of nitrogens with one attached hydrogen (secondary N) is 1. The zero-order valence-corrected chi connectivity index (χ0v) is 12.5. The van der Waals surface area contributed by atoms with Gasteiger partial charge in [0.25, 0.3) is 5.91 Å². The molecule has 0 fully saturated rings. The zero-order valence-electron chi connectivity index (χ0n) is 10.1. The Kier molecular flexibility index (Phi) is 3.73. The second-order valence-electron chi connectivity index (χ2n) is 4.04. The Balaban J connectivity index is 2.18. The number of hydrogen-bond acceptors (Lipinski definition) is 3. The molecule has 0 aliphatic heterocycles. The molecule has 0 bridgehead atoms. The monoisotopic (exact) mass is 324 g/mol. The van der Waals surface area contributed by atoms with E-state index in [1.165, 1.54) is 11.3 Å². The highest BCUT2D eigenvalue weighted by atomic mass is 79.9. The molecule has 0 saturated heterocycles. The summed E-state index contributed by atoms with van der Waals surface area (Å²) in [5, 5.41) is 2.85. The number of nitrogen functional groups attached to an aromatic ring is 1. The molecule has 0 saturated carbocycles. The molecule has 3 nitrogen and oxygen atoms in total. The van der Waals surface area contributed by atoms with Gasteiger partial charge in [0.05, 0.1) is 4.88 Å². The van der Waals surface area contributed by atoms with E-state index in [-0.39, 0.29) is 5.91 Å². The van der Waals surface area contributed by atoms with Gasteiger partial charge in [-0.05, 0) is 37.6 Å². The topological polar surface area (TPSA) is 55.1 Å². The van der Waals surface area contributed by atoms with Crippen LogP contribution in [0.4, 0.5) is 11.4 Å². The van der Waals surface area contributed by atoms with E-state index in [0.717, 1.165) is 20.6 Å². The highest BCUT2D eigenvalue weighted by Crippen LogP contribution is 2.25. The van der Waals surface area contributed by atoms with Crippen LogP contribution in [-0.4, -0.2) is 5.91 Å². The minimum atomic E-state index is -0.129. The number of thiophene rings is 1. The molecule has 1 heterocycles. The molecule has 5 heteroatoms. The number of rotatable bonds is 2. The number of benzene rings is 1. The van der Waals surface area contributed by atoms with Crippen LogP contribution in [0.25, 0.3) is 0 Å². The van der Waals surface area contributed by atoms with Crippen LogP contribution in [0, 0.1) is 13.8 Å². The van der Waals surface area contributed by atoms with E-state index in [1.54, 1.807) is 6.07 Å². The maximum absolute atomic E-state index is 12.0. The van der Waals surface area contributed by atoms with Crippen molar-refractivity contribution in [3.8, 4) is 0 Å². The van der Waals surface area contributed by atoms with Crippen LogP contribution in [-0.2, 0) is 0 Å². The second kappa shape index (κ2) is 5.12. The molecule has 0 radical (unpaired) electrons. The Morgan fingerprint density at radius 1 is 1.33 bits per heavy atom. The lowest BCUT2D eigenvalue weighted by atomic mass is 10.2. The number of carbonyl (C=O) groups excluding carboxylic acids is 1. The molecule has 3 N–H and O–H groups in total. The van der Waals surface area contributed by atoms with Crippen molar-refractivity contribution in [3.05, 3.63) is 44.1 Å². The third-order valence-electron chi connectivity index (χ3n) is 2.61. The first kappa shape index (κ1) is 13.1. The van der Waals surface area contributed by atoms with Gasteiger partial charge in [-0.25, -0.2) is 0 Å². The van der Waals surface area contributed by atoms with Gasteiger partial charge in [0.1, 0.15) is 0 Å². The van der Waals surface area contributed by atoms with Crippen molar-refractivity contribution >= 4 is 44.5 Å². The number of anilines is 2. The first-order valence-electron chi connectivity index (χ1n) is 5.41. The van der Waals surface area contributed by atoms with E-state index in [0.29, 0.717) is 10.6 Å². The van der Waals surface area contributed by atoms with Crippen molar-refractivity contribution in [3.63, 3.8) is 0 Å². The summed E-state index contributed by atoms with van der Waals surface area (Å²) < 4.78 is 0.974. The summed E-state index contributed by atoms with van der Waals surface area (Å²) in [4.78, 5) is 13.6. The summed E-state index contributed by atoms with van der Waals surface area (Å²) in [6.07, 6.45) is 0. The number of hydrogen-bond donors (Lipinski definition) is 2. The fourth-order valence-electron chi connectivity index (χ4n) is 1.47. The van der Waals surface area contributed by atoms with Crippen LogP contribution < -0.4 is 11.1 Å². The smallest absolute Gasteiger partial charge is 0.265 e. The van der Waals surface area contributed by atoms with Crippen LogP contribution in [0.3, 0.4) is 0 Å². The van der Waals surface area contributed by atoms with E-state index in [2.05, 4.69) is 21.2 Å². The van der Waals surface area contributed by atoms with Crippen molar-refractivity contribution in [1.82, 2.24) is 0 Å². The van der Waals surface area contributed by atoms with Gasteiger partial charge in [-0.3, -0.25) is 4.79 Å². The maximum Gasteiger partial charge on any atom is 0.265 e. The summed E-state index contributed by atoms with van der Waals surface area (Å²) in [7, 11) is 0. The van der Waals surface area contributed by atoms with Crippen LogP contribution >= 0.6 is 27.3 Å². The van der Waals surface area contributed by atoms with Crippen LogP contribution in [0.5, 0.6) is 0 Å². The van der Waals surface area contributed by atoms with Gasteiger partial charge in [-0.2, -0.15) is 0 Å². The van der Waals surface area contributed by atoms with Gasteiger partial charge in [-0.1, -0.05) is 22.0 Å². The largest absolute Gasteiger partial charge is 0.398 e. The Morgan fingerprint density at radius 3 is 2.61 bits per heavy atom. The van der Waals surface area contributed by atoms with Crippen molar-refractivity contribution in [2.24, 2.45) is 0 Å². The fourth-order valence-corrected chi connectivity index (χ4v) is 2.69. The highest BCUT2D eigenvalue weighted by molar-refractivity contribution is 9.10. The van der Waals surface area contributed by atoms with E-state index in [1.807, 2.05) is 32.0 Å². The number of amides is 1. The highest BCUT2D eigenvalue weighted by Gasteiger charge is 2.11. The Hall–Kier alpha value is -1.33. The molecular weight excluding hydrogens is 312 g/mol. The quantitative estimate of drug-likeness (QED) is 0.878. The van der Waals surface area contributed by atoms with E-state index in [4.69, 9.17) is 5.73 Å². The molecule has 0 unspecified atom stereocenters. The second-order valence-corrected chi connectivity index (χ2v) is 6.15. The molecule has 94 valence electrons. The predicted octanol–water partition coefficient (Wildman–Crippen LogP) is 3.96. The lowest BCUT2D eigenvalue weighted by molar-refractivity contribution is 0.103. The Bertz CT molecular complexity index is 588. The van der Waals surface area contributed by atoms with Crippen molar-refractivity contribution in [2.75, 3.05) is 11.1 Å². The van der Waals surface area contributed by atoms with E-state index in [9.17, 15) is 4.79 Å². The number of aryl methyl sites for hydroxylation is 2. The van der Waals surface area contributed by atoms with Crippen molar-refractivity contribution in [1.29, 1.82) is 0 Å². The third-order valence-corrected chi connectivity index (χ3v) is 4.53. The van der Waals surface area contributed by atoms with E-state index >= 15 is 0 Å².